The molecule has 2 nitrogen and oxygen atoms in total. The zero-order chi connectivity index (χ0) is 20.5. The molecule has 5 aromatic rings. The molecule has 0 aliphatic carbocycles. The Kier molecular flexibility index (Phi) is 4.53. The predicted molar refractivity (Wildman–Crippen MR) is 130 cm³/mol. The second kappa shape index (κ2) is 6.76. The van der Waals surface area contributed by atoms with Crippen LogP contribution in [0.15, 0.2) is 45.2 Å². The molecule has 29 heavy (non-hydrogen) atoms. The van der Waals surface area contributed by atoms with Gasteiger partial charge in [0.1, 0.15) is 0 Å². The third-order valence-corrected chi connectivity index (χ3v) is 17.1. The van der Waals surface area contributed by atoms with Crippen LogP contribution >= 0.6 is 22.7 Å². The van der Waals surface area contributed by atoms with E-state index in [2.05, 4.69) is 52.1 Å². The summed E-state index contributed by atoms with van der Waals surface area (Å²) in [5, 5.41) is 2.58. The van der Waals surface area contributed by atoms with E-state index in [1.165, 1.54) is 30.6 Å². The third-order valence-electron chi connectivity index (χ3n) is 5.29. The van der Waals surface area contributed by atoms with Gasteiger partial charge in [0.15, 0.2) is 0 Å². The van der Waals surface area contributed by atoms with Crippen LogP contribution < -0.4 is 2.89 Å². The van der Waals surface area contributed by atoms with Crippen molar-refractivity contribution in [2.45, 2.75) is 35.6 Å². The van der Waals surface area contributed by atoms with Crippen molar-refractivity contribution in [3.63, 3.8) is 0 Å². The van der Waals surface area contributed by atoms with Gasteiger partial charge in [-0.2, -0.15) is 0 Å². The summed E-state index contributed by atoms with van der Waals surface area (Å²) >= 11 is 1.67. The molecule has 4 heterocycles. The minimum absolute atomic E-state index is 0.920. The van der Waals surface area contributed by atoms with Crippen LogP contribution in [-0.2, 0) is 0 Å². The van der Waals surface area contributed by atoms with Gasteiger partial charge in [-0.3, -0.25) is 0 Å². The van der Waals surface area contributed by atoms with E-state index in [9.17, 15) is 0 Å². The van der Waals surface area contributed by atoms with Crippen molar-refractivity contribution < 1.29 is 8.83 Å². The fraction of sp³-hybridized carbons (Fsp3) is 0.250. The van der Waals surface area contributed by atoms with Crippen LogP contribution in [0.5, 0.6) is 0 Å². The standard InChI is InChI=1S/C21H15O2S2.3CH3.Sn/c1-11-4-6-16(22-11)18-14-8-9-24-20(14)21-15(10-13(3)25-21)19(18)17-7-5-12(2)23-17;;;;/h4-8,10H,1-3H3;3*1H3;. The van der Waals surface area contributed by atoms with Gasteiger partial charge in [-0.15, -0.1) is 0 Å². The zero-order valence-electron chi connectivity index (χ0n) is 17.6. The zero-order valence-corrected chi connectivity index (χ0v) is 22.1. The normalized spacial score (nSPS) is 12.5. The Balaban J connectivity index is 2.01. The summed E-state index contributed by atoms with van der Waals surface area (Å²) < 4.78 is 16.7. The van der Waals surface area contributed by atoms with E-state index in [-0.39, 0.29) is 0 Å². The van der Waals surface area contributed by atoms with Crippen molar-refractivity contribution in [1.82, 2.24) is 0 Å². The summed E-state index contributed by atoms with van der Waals surface area (Å²) in [5.41, 5.74) is 2.33. The van der Waals surface area contributed by atoms with E-state index in [4.69, 9.17) is 8.83 Å². The summed E-state index contributed by atoms with van der Waals surface area (Å²) in [7, 11) is 0. The van der Waals surface area contributed by atoms with Crippen LogP contribution in [0.1, 0.15) is 16.4 Å². The third kappa shape index (κ3) is 3.20. The second-order valence-corrected chi connectivity index (χ2v) is 26.5. The van der Waals surface area contributed by atoms with Gasteiger partial charge in [0.05, 0.1) is 0 Å². The fourth-order valence-corrected chi connectivity index (χ4v) is 11.4. The van der Waals surface area contributed by atoms with Crippen LogP contribution in [0.25, 0.3) is 42.8 Å². The van der Waals surface area contributed by atoms with E-state index in [1.54, 1.807) is 2.89 Å². The van der Waals surface area contributed by atoms with Gasteiger partial charge in [-0.05, 0) is 0 Å². The molecule has 5 rings (SSSR count). The van der Waals surface area contributed by atoms with Crippen LogP contribution in [0.2, 0.25) is 14.8 Å². The number of benzene rings is 1. The van der Waals surface area contributed by atoms with E-state index in [0.717, 1.165) is 28.6 Å². The maximum absolute atomic E-state index is 6.18. The summed E-state index contributed by atoms with van der Waals surface area (Å²) in [6.45, 7) is 6.21. The van der Waals surface area contributed by atoms with E-state index >= 15 is 0 Å². The molecule has 0 bridgehead atoms. The van der Waals surface area contributed by atoms with Gasteiger partial charge in [-0.1, -0.05) is 0 Å². The van der Waals surface area contributed by atoms with Crippen molar-refractivity contribution in [1.29, 1.82) is 0 Å². The Hall–Kier alpha value is -1.50. The van der Waals surface area contributed by atoms with Crippen LogP contribution in [0.4, 0.5) is 0 Å². The van der Waals surface area contributed by atoms with E-state index in [0.29, 0.717) is 0 Å². The molecule has 4 aromatic heterocycles. The number of furan rings is 2. The number of hydrogen-bond acceptors (Lipinski definition) is 4. The molecule has 148 valence electrons. The van der Waals surface area contributed by atoms with Crippen molar-refractivity contribution in [2.24, 2.45) is 0 Å². The monoisotopic (exact) mass is 528 g/mol. The molecule has 0 N–H and O–H groups in total. The maximum atomic E-state index is 6.18. The average Bonchev–Trinajstić information content (AvgIpc) is 3.38. The van der Waals surface area contributed by atoms with Crippen molar-refractivity contribution in [2.75, 3.05) is 0 Å². The molecular formula is C24H24O2S2Sn. The number of fused-ring (bicyclic) bond motifs is 3. The van der Waals surface area contributed by atoms with Gasteiger partial charge < -0.3 is 0 Å². The SMILES string of the molecule is Cc1ccc(-c2c(-c3ccc(C)o3)c3c[c]([Sn]([CH3])([CH3])[CH3])sc3c3sc(C)cc23)o1. The molecule has 0 radical (unpaired) electrons. The van der Waals surface area contributed by atoms with E-state index < -0.39 is 18.4 Å². The molecule has 0 amide bonds. The summed E-state index contributed by atoms with van der Waals surface area (Å²) in [5.74, 6) is 3.71. The second-order valence-electron chi connectivity index (χ2n) is 8.77. The number of aryl methyl sites for hydroxylation is 3. The molecule has 0 saturated carbocycles. The Labute approximate surface area is 183 Å². The molecule has 0 aliphatic rings. The molecule has 1 aromatic carbocycles. The molecular weight excluding hydrogens is 503 g/mol. The molecule has 5 heteroatoms. The molecule has 0 aliphatic heterocycles. The average molecular weight is 527 g/mol. The first kappa shape index (κ1) is 19.5. The van der Waals surface area contributed by atoms with E-state index in [1.807, 2.05) is 42.6 Å². The van der Waals surface area contributed by atoms with Gasteiger partial charge in [0.25, 0.3) is 0 Å². The fourth-order valence-electron chi connectivity index (χ4n) is 3.90. The molecule has 0 fully saturated rings. The Morgan fingerprint density at radius 2 is 1.21 bits per heavy atom. The van der Waals surface area contributed by atoms with Gasteiger partial charge >= 0.3 is 184 Å². The molecule has 0 atom stereocenters. The van der Waals surface area contributed by atoms with Crippen LogP contribution in [0, 0.1) is 20.8 Å². The Morgan fingerprint density at radius 1 is 0.690 bits per heavy atom. The first-order valence-electron chi connectivity index (χ1n) is 9.86. The van der Waals surface area contributed by atoms with Crippen molar-refractivity contribution in [3.8, 4) is 22.6 Å². The molecule has 0 saturated heterocycles. The molecule has 0 spiro atoms. The predicted octanol–water partition coefficient (Wildman–Crippen LogP) is 8.11. The Bertz CT molecular complexity index is 1370. The quantitative estimate of drug-likeness (QED) is 0.222. The number of rotatable bonds is 3. The van der Waals surface area contributed by atoms with Gasteiger partial charge in [0, 0.05) is 0 Å². The minimum atomic E-state index is -2.23. The van der Waals surface area contributed by atoms with Gasteiger partial charge in [0.2, 0.25) is 0 Å². The first-order valence-corrected chi connectivity index (χ1v) is 21.5. The summed E-state index contributed by atoms with van der Waals surface area (Å²) in [6.07, 6.45) is 0. The number of hydrogen-bond donors (Lipinski definition) is 0. The topological polar surface area (TPSA) is 26.3 Å². The van der Waals surface area contributed by atoms with Crippen LogP contribution in [0.3, 0.4) is 0 Å². The first-order chi connectivity index (χ1) is 13.7. The van der Waals surface area contributed by atoms with Crippen LogP contribution in [-0.4, -0.2) is 18.4 Å². The molecule has 0 unspecified atom stereocenters. The van der Waals surface area contributed by atoms with Crippen molar-refractivity contribution >= 4 is 64.1 Å². The Morgan fingerprint density at radius 3 is 1.69 bits per heavy atom. The summed E-state index contributed by atoms with van der Waals surface area (Å²) in [6, 6.07) is 13.1. The summed E-state index contributed by atoms with van der Waals surface area (Å²) in [4.78, 5) is 8.80. The van der Waals surface area contributed by atoms with Gasteiger partial charge in [-0.25, -0.2) is 0 Å². The number of thiophene rings is 2. The van der Waals surface area contributed by atoms with Crippen molar-refractivity contribution in [3.05, 3.63) is 52.8 Å².